The maximum Gasteiger partial charge on any atom is 0.323 e. The van der Waals surface area contributed by atoms with E-state index in [9.17, 15) is 4.79 Å². The summed E-state index contributed by atoms with van der Waals surface area (Å²) in [5.74, 6) is -0.355. The average molecular weight is 225 g/mol. The van der Waals surface area contributed by atoms with E-state index in [1.54, 1.807) is 17.4 Å². The molecule has 0 fully saturated rings. The third kappa shape index (κ3) is 4.27. The first-order valence-corrected chi connectivity index (χ1v) is 5.67. The van der Waals surface area contributed by atoms with Gasteiger partial charge in [-0.25, -0.2) is 0 Å². The molecule has 2 N–H and O–H groups in total. The van der Waals surface area contributed by atoms with Gasteiger partial charge in [-0.2, -0.15) is 0 Å². The highest BCUT2D eigenvalue weighted by Crippen LogP contribution is 2.09. The molecule has 0 aliphatic rings. The second-order valence-corrected chi connectivity index (χ2v) is 4.16. The molecule has 82 valence electrons. The number of hydrogen-bond acceptors (Lipinski definition) is 4. The van der Waals surface area contributed by atoms with Crippen LogP contribution in [0.15, 0.2) is 30.2 Å². The number of hydrogen-bond donors (Lipinski definition) is 1. The molecule has 1 atom stereocenters. The number of esters is 1. The van der Waals surface area contributed by atoms with E-state index in [1.807, 2.05) is 17.5 Å². The van der Waals surface area contributed by atoms with Crippen LogP contribution in [0.3, 0.4) is 0 Å². The Morgan fingerprint density at radius 3 is 3.13 bits per heavy atom. The molecule has 0 spiro atoms. The molecule has 0 saturated heterocycles. The summed E-state index contributed by atoms with van der Waals surface area (Å²) in [5.41, 5.74) is 5.54. The van der Waals surface area contributed by atoms with Crippen LogP contribution in [0.4, 0.5) is 0 Å². The Kier molecular flexibility index (Phi) is 5.07. The normalized spacial score (nSPS) is 12.1. The van der Waals surface area contributed by atoms with Crippen molar-refractivity contribution < 1.29 is 9.53 Å². The fourth-order valence-corrected chi connectivity index (χ4v) is 1.78. The Bertz CT molecular complexity index is 308. The molecule has 0 aliphatic heterocycles. The van der Waals surface area contributed by atoms with Crippen LogP contribution in [0.5, 0.6) is 0 Å². The molecule has 1 unspecified atom stereocenters. The molecular formula is C11H15NO2S. The quantitative estimate of drug-likeness (QED) is 0.592. The summed E-state index contributed by atoms with van der Waals surface area (Å²) in [7, 11) is 0. The third-order valence-corrected chi connectivity index (χ3v) is 2.83. The van der Waals surface area contributed by atoms with Gasteiger partial charge in [0.05, 0.1) is 6.61 Å². The molecule has 3 nitrogen and oxygen atoms in total. The summed E-state index contributed by atoms with van der Waals surface area (Å²) in [5, 5.41) is 2.00. The second kappa shape index (κ2) is 6.37. The maximum atomic E-state index is 11.3. The summed E-state index contributed by atoms with van der Waals surface area (Å²) < 4.78 is 5.02. The zero-order valence-corrected chi connectivity index (χ0v) is 9.33. The number of ether oxygens (including phenoxy) is 1. The van der Waals surface area contributed by atoms with Gasteiger partial charge in [0.2, 0.25) is 0 Å². The van der Waals surface area contributed by atoms with Gasteiger partial charge in [-0.05, 0) is 17.9 Å². The molecule has 1 heterocycles. The molecule has 0 aliphatic carbocycles. The van der Waals surface area contributed by atoms with Crippen LogP contribution < -0.4 is 5.73 Å². The minimum absolute atomic E-state index is 0.355. The summed E-state index contributed by atoms with van der Waals surface area (Å²) >= 11 is 1.65. The Morgan fingerprint density at radius 2 is 2.53 bits per heavy atom. The van der Waals surface area contributed by atoms with Crippen molar-refractivity contribution in [1.82, 2.24) is 0 Å². The molecule has 1 aromatic heterocycles. The number of thiophene rings is 1. The summed E-state index contributed by atoms with van der Waals surface area (Å²) in [6.07, 6.45) is 2.83. The first kappa shape index (κ1) is 11.9. The predicted molar refractivity (Wildman–Crippen MR) is 61.8 cm³/mol. The van der Waals surface area contributed by atoms with Crippen molar-refractivity contribution in [3.63, 3.8) is 0 Å². The Labute approximate surface area is 93.6 Å². The minimum Gasteiger partial charge on any atom is -0.464 e. The van der Waals surface area contributed by atoms with Crippen molar-refractivity contribution in [2.45, 2.75) is 18.9 Å². The van der Waals surface area contributed by atoms with E-state index < -0.39 is 6.04 Å². The standard InChI is InChI=1S/C11H15NO2S/c1-2-4-10(12)11(13)14-7-6-9-5-3-8-15-9/h2-3,5,8,10H,1,4,6-7,12H2. The lowest BCUT2D eigenvalue weighted by molar-refractivity contribution is -0.145. The summed E-state index contributed by atoms with van der Waals surface area (Å²) in [6, 6.07) is 3.42. The molecule has 1 rings (SSSR count). The van der Waals surface area contributed by atoms with Crippen LogP contribution in [0.25, 0.3) is 0 Å². The Balaban J connectivity index is 2.19. The van der Waals surface area contributed by atoms with Gasteiger partial charge in [0.1, 0.15) is 6.04 Å². The fraction of sp³-hybridized carbons (Fsp3) is 0.364. The van der Waals surface area contributed by atoms with Gasteiger partial charge in [-0.15, -0.1) is 17.9 Å². The van der Waals surface area contributed by atoms with E-state index in [1.165, 1.54) is 4.88 Å². The predicted octanol–water partition coefficient (Wildman–Crippen LogP) is 1.74. The molecule has 0 amide bonds. The lowest BCUT2D eigenvalue weighted by Gasteiger charge is -2.08. The van der Waals surface area contributed by atoms with Crippen LogP contribution >= 0.6 is 11.3 Å². The van der Waals surface area contributed by atoms with Crippen LogP contribution in [0.1, 0.15) is 11.3 Å². The van der Waals surface area contributed by atoms with Crippen LogP contribution in [0.2, 0.25) is 0 Å². The van der Waals surface area contributed by atoms with Gasteiger partial charge in [0.25, 0.3) is 0 Å². The van der Waals surface area contributed by atoms with Gasteiger partial charge < -0.3 is 10.5 Å². The van der Waals surface area contributed by atoms with Crippen molar-refractivity contribution in [3.05, 3.63) is 35.0 Å². The van der Waals surface area contributed by atoms with Crippen molar-refractivity contribution in [2.75, 3.05) is 6.61 Å². The van der Waals surface area contributed by atoms with Crippen molar-refractivity contribution in [3.8, 4) is 0 Å². The minimum atomic E-state index is -0.578. The highest BCUT2D eigenvalue weighted by molar-refractivity contribution is 7.09. The number of rotatable bonds is 6. The fourth-order valence-electron chi connectivity index (χ4n) is 1.09. The summed E-state index contributed by atoms with van der Waals surface area (Å²) in [4.78, 5) is 12.5. The van der Waals surface area contributed by atoms with Crippen LogP contribution in [-0.4, -0.2) is 18.6 Å². The van der Waals surface area contributed by atoms with Gasteiger partial charge >= 0.3 is 5.97 Å². The molecule has 0 bridgehead atoms. The average Bonchev–Trinajstić information content (AvgIpc) is 2.71. The first-order valence-electron chi connectivity index (χ1n) is 4.79. The molecule has 4 heteroatoms. The van der Waals surface area contributed by atoms with Crippen LogP contribution in [0, 0.1) is 0 Å². The molecule has 1 aromatic rings. The molecule has 0 radical (unpaired) electrons. The van der Waals surface area contributed by atoms with Gasteiger partial charge in [-0.3, -0.25) is 4.79 Å². The molecule has 0 saturated carbocycles. The van der Waals surface area contributed by atoms with Gasteiger partial charge in [0.15, 0.2) is 0 Å². The number of carbonyl (C=O) groups is 1. The second-order valence-electron chi connectivity index (χ2n) is 3.13. The SMILES string of the molecule is C=CCC(N)C(=O)OCCc1cccs1. The van der Waals surface area contributed by atoms with Gasteiger partial charge in [0, 0.05) is 11.3 Å². The largest absolute Gasteiger partial charge is 0.464 e. The number of nitrogens with two attached hydrogens (primary N) is 1. The van der Waals surface area contributed by atoms with E-state index in [4.69, 9.17) is 10.5 Å². The highest BCUT2D eigenvalue weighted by Gasteiger charge is 2.12. The summed E-state index contributed by atoms with van der Waals surface area (Å²) in [6.45, 7) is 3.91. The lowest BCUT2D eigenvalue weighted by Crippen LogP contribution is -2.32. The smallest absolute Gasteiger partial charge is 0.323 e. The zero-order chi connectivity index (χ0) is 11.1. The maximum absolute atomic E-state index is 11.3. The zero-order valence-electron chi connectivity index (χ0n) is 8.52. The van der Waals surface area contributed by atoms with Gasteiger partial charge in [-0.1, -0.05) is 12.1 Å². The Hall–Kier alpha value is -1.13. The van der Waals surface area contributed by atoms with E-state index in [-0.39, 0.29) is 5.97 Å². The first-order chi connectivity index (χ1) is 7.24. The van der Waals surface area contributed by atoms with Crippen molar-refractivity contribution in [1.29, 1.82) is 0 Å². The topological polar surface area (TPSA) is 52.3 Å². The van der Waals surface area contributed by atoms with Crippen molar-refractivity contribution in [2.24, 2.45) is 5.73 Å². The molecular weight excluding hydrogens is 210 g/mol. The number of carbonyl (C=O) groups excluding carboxylic acids is 1. The monoisotopic (exact) mass is 225 g/mol. The van der Waals surface area contributed by atoms with E-state index in [2.05, 4.69) is 6.58 Å². The third-order valence-electron chi connectivity index (χ3n) is 1.90. The molecule has 15 heavy (non-hydrogen) atoms. The van der Waals surface area contributed by atoms with Crippen LogP contribution in [-0.2, 0) is 16.0 Å². The molecule has 0 aromatic carbocycles. The lowest BCUT2D eigenvalue weighted by atomic mass is 10.2. The highest BCUT2D eigenvalue weighted by atomic mass is 32.1. The van der Waals surface area contributed by atoms with Crippen molar-refractivity contribution >= 4 is 17.3 Å². The van der Waals surface area contributed by atoms with E-state index in [0.717, 1.165) is 6.42 Å². The van der Waals surface area contributed by atoms with E-state index >= 15 is 0 Å². The Morgan fingerprint density at radius 1 is 1.73 bits per heavy atom. The van der Waals surface area contributed by atoms with E-state index in [0.29, 0.717) is 13.0 Å².